The van der Waals surface area contributed by atoms with Crippen molar-refractivity contribution in [2.75, 3.05) is 63.7 Å². The molecule has 0 heterocycles. The monoisotopic (exact) mass is 608 g/mol. The van der Waals surface area contributed by atoms with Crippen LogP contribution in [0.1, 0.15) is 0 Å². The fraction of sp³-hybridized carbons (Fsp3) is 0.414. The van der Waals surface area contributed by atoms with E-state index < -0.39 is 30.1 Å². The van der Waals surface area contributed by atoms with E-state index in [2.05, 4.69) is 6.58 Å². The predicted molar refractivity (Wildman–Crippen MR) is 160 cm³/mol. The Morgan fingerprint density at radius 3 is 1.71 bits per heavy atom. The van der Waals surface area contributed by atoms with Crippen molar-refractivity contribution >= 4 is 52.2 Å². The van der Waals surface area contributed by atoms with Gasteiger partial charge in [-0.2, -0.15) is 23.5 Å². The van der Waals surface area contributed by atoms with Crippen molar-refractivity contribution in [2.45, 2.75) is 12.2 Å². The van der Waals surface area contributed by atoms with Crippen molar-refractivity contribution in [1.29, 1.82) is 0 Å². The van der Waals surface area contributed by atoms with E-state index in [0.29, 0.717) is 30.8 Å². The first-order chi connectivity index (χ1) is 19.9. The zero-order valence-electron chi connectivity index (χ0n) is 23.2. The number of rotatable bonds is 21. The second kappa shape index (κ2) is 19.8. The molecule has 0 saturated heterocycles. The molecule has 224 valence electrons. The quantitative estimate of drug-likeness (QED) is 0.125. The summed E-state index contributed by atoms with van der Waals surface area (Å²) in [5.41, 5.74) is 0. The van der Waals surface area contributed by atoms with Crippen molar-refractivity contribution < 1.29 is 47.9 Å². The number of benzene rings is 2. The van der Waals surface area contributed by atoms with Gasteiger partial charge >= 0.3 is 17.9 Å². The van der Waals surface area contributed by atoms with Crippen LogP contribution in [0, 0.1) is 0 Å². The van der Waals surface area contributed by atoms with Crippen LogP contribution in [0.25, 0.3) is 10.8 Å². The topological polar surface area (TPSA) is 127 Å². The number of carboxylic acid groups (broad SMARTS) is 1. The molecule has 2 aromatic carbocycles. The normalized spacial score (nSPS) is 12.5. The van der Waals surface area contributed by atoms with Crippen molar-refractivity contribution in [2.24, 2.45) is 0 Å². The van der Waals surface area contributed by atoms with Crippen molar-refractivity contribution in [3.05, 3.63) is 61.2 Å². The number of carbonyl (C=O) groups is 3. The van der Waals surface area contributed by atoms with Gasteiger partial charge in [0.15, 0.2) is 12.2 Å². The summed E-state index contributed by atoms with van der Waals surface area (Å²) in [6.45, 7) is 4.73. The van der Waals surface area contributed by atoms with Crippen LogP contribution in [0.4, 0.5) is 0 Å². The SMILES string of the molecule is C=CC(=O)OC(COCCSC)COc1ccc(OCC(COCCSC)OC(=O)/C=C/C(=O)O)c2ccccc12. The molecular formula is C29H36O10S2. The standard InChI is InChI=1S/C29H36O10S2/c1-4-28(32)38-21(17-34-13-15-40-2)19-36-25-9-10-26(24-8-6-5-7-23(24)25)37-20-22(18-35-14-16-41-3)39-29(33)12-11-27(30)31/h4-12,21-22H,1,13-20H2,2-3H3,(H,30,31)/b12-11+. The van der Waals surface area contributed by atoms with Crippen molar-refractivity contribution in [3.8, 4) is 11.5 Å². The Balaban J connectivity index is 2.13. The fourth-order valence-corrected chi connectivity index (χ4v) is 3.93. The Bertz CT molecular complexity index is 1150. The molecule has 0 radical (unpaired) electrons. The number of hydrogen-bond acceptors (Lipinski definition) is 11. The summed E-state index contributed by atoms with van der Waals surface area (Å²) in [6.07, 6.45) is 5.17. The molecule has 0 spiro atoms. The Morgan fingerprint density at radius 2 is 1.27 bits per heavy atom. The highest BCUT2D eigenvalue weighted by molar-refractivity contribution is 7.98. The van der Waals surface area contributed by atoms with Gasteiger partial charge in [0.1, 0.15) is 24.7 Å². The van der Waals surface area contributed by atoms with Crippen LogP contribution in [0.2, 0.25) is 0 Å². The second-order valence-corrected chi connectivity index (χ2v) is 10.3. The molecular weight excluding hydrogens is 572 g/mol. The number of fused-ring (bicyclic) bond motifs is 1. The van der Waals surface area contributed by atoms with E-state index in [1.54, 1.807) is 35.7 Å². The number of hydrogen-bond donors (Lipinski definition) is 1. The third-order valence-corrected chi connectivity index (χ3v) is 6.41. The van der Waals surface area contributed by atoms with E-state index in [4.69, 9.17) is 33.5 Å². The summed E-state index contributed by atoms with van der Waals surface area (Å²) < 4.78 is 34.0. The first kappa shape index (κ1) is 34.0. The van der Waals surface area contributed by atoms with Crippen LogP contribution >= 0.6 is 23.5 Å². The van der Waals surface area contributed by atoms with Crippen LogP contribution in [0.3, 0.4) is 0 Å². The molecule has 2 unspecified atom stereocenters. The van der Waals surface area contributed by atoms with Crippen LogP contribution < -0.4 is 9.47 Å². The van der Waals surface area contributed by atoms with Gasteiger partial charge in [-0.3, -0.25) is 0 Å². The van der Waals surface area contributed by atoms with Crippen LogP contribution in [-0.4, -0.2) is 98.9 Å². The van der Waals surface area contributed by atoms with E-state index in [1.165, 1.54) is 0 Å². The zero-order valence-corrected chi connectivity index (χ0v) is 24.8. The molecule has 0 bridgehead atoms. The minimum absolute atomic E-state index is 0.0247. The molecule has 10 nitrogen and oxygen atoms in total. The largest absolute Gasteiger partial charge is 0.489 e. The third-order valence-electron chi connectivity index (χ3n) is 5.26. The highest BCUT2D eigenvalue weighted by Crippen LogP contribution is 2.33. The van der Waals surface area contributed by atoms with Gasteiger partial charge in [-0.05, 0) is 24.6 Å². The lowest BCUT2D eigenvalue weighted by molar-refractivity contribution is -0.148. The minimum Gasteiger partial charge on any atom is -0.489 e. The summed E-state index contributed by atoms with van der Waals surface area (Å²) in [6, 6.07) is 10.9. The molecule has 1 N–H and O–H groups in total. The summed E-state index contributed by atoms with van der Waals surface area (Å²) in [5, 5.41) is 10.3. The fourth-order valence-electron chi connectivity index (χ4n) is 3.36. The average Bonchev–Trinajstić information content (AvgIpc) is 2.97. The predicted octanol–water partition coefficient (Wildman–Crippen LogP) is 4.01. The number of carboxylic acids is 1. The van der Waals surface area contributed by atoms with Gasteiger partial charge in [-0.15, -0.1) is 0 Å². The molecule has 0 aliphatic carbocycles. The van der Waals surface area contributed by atoms with Crippen LogP contribution in [0.5, 0.6) is 11.5 Å². The second-order valence-electron chi connectivity index (χ2n) is 8.36. The van der Waals surface area contributed by atoms with E-state index in [0.717, 1.165) is 34.4 Å². The van der Waals surface area contributed by atoms with Crippen molar-refractivity contribution in [1.82, 2.24) is 0 Å². The molecule has 0 aliphatic heterocycles. The smallest absolute Gasteiger partial charge is 0.331 e. The maximum absolute atomic E-state index is 12.1. The molecule has 2 rings (SSSR count). The summed E-state index contributed by atoms with van der Waals surface area (Å²) >= 11 is 3.27. The maximum atomic E-state index is 12.1. The molecule has 0 aliphatic rings. The average molecular weight is 609 g/mol. The molecule has 0 fully saturated rings. The molecule has 0 saturated carbocycles. The molecule has 41 heavy (non-hydrogen) atoms. The molecule has 0 amide bonds. The van der Waals surface area contributed by atoms with Gasteiger partial charge < -0.3 is 33.5 Å². The minimum atomic E-state index is -1.26. The summed E-state index contributed by atoms with van der Waals surface area (Å²) in [5.74, 6) is 0.0302. The van der Waals surface area contributed by atoms with Crippen molar-refractivity contribution in [3.63, 3.8) is 0 Å². The number of esters is 2. The summed E-state index contributed by atoms with van der Waals surface area (Å²) in [7, 11) is 0. The van der Waals surface area contributed by atoms with E-state index in [1.807, 2.05) is 36.8 Å². The van der Waals surface area contributed by atoms with Gasteiger partial charge in [0.05, 0.1) is 26.4 Å². The number of aliphatic carboxylic acids is 1. The van der Waals surface area contributed by atoms with Crippen LogP contribution in [0.15, 0.2) is 61.2 Å². The van der Waals surface area contributed by atoms with Gasteiger partial charge in [-0.25, -0.2) is 14.4 Å². The first-order valence-electron chi connectivity index (χ1n) is 12.7. The Hall–Kier alpha value is -3.19. The highest BCUT2D eigenvalue weighted by atomic mass is 32.2. The lowest BCUT2D eigenvalue weighted by Crippen LogP contribution is -2.30. The molecule has 12 heteroatoms. The molecule has 0 aromatic heterocycles. The molecule has 2 aromatic rings. The third kappa shape index (κ3) is 13.3. The Kier molecular flexibility index (Phi) is 16.4. The zero-order chi connectivity index (χ0) is 29.9. The Labute approximate surface area is 248 Å². The van der Waals surface area contributed by atoms with Gasteiger partial charge in [0.25, 0.3) is 0 Å². The first-order valence-corrected chi connectivity index (χ1v) is 15.5. The number of ether oxygens (including phenoxy) is 6. The number of carbonyl (C=O) groups excluding carboxylic acids is 2. The number of thioether (sulfide) groups is 2. The lowest BCUT2D eigenvalue weighted by Gasteiger charge is -2.20. The van der Waals surface area contributed by atoms with Gasteiger partial charge in [0.2, 0.25) is 0 Å². The summed E-state index contributed by atoms with van der Waals surface area (Å²) in [4.78, 5) is 34.6. The van der Waals surface area contributed by atoms with Gasteiger partial charge in [0, 0.05) is 40.5 Å². The molecule has 2 atom stereocenters. The van der Waals surface area contributed by atoms with E-state index in [-0.39, 0.29) is 26.4 Å². The Morgan fingerprint density at radius 1 is 0.780 bits per heavy atom. The maximum Gasteiger partial charge on any atom is 0.331 e. The van der Waals surface area contributed by atoms with E-state index in [9.17, 15) is 14.4 Å². The lowest BCUT2D eigenvalue weighted by atomic mass is 10.1. The van der Waals surface area contributed by atoms with Gasteiger partial charge in [-0.1, -0.05) is 30.8 Å². The highest BCUT2D eigenvalue weighted by Gasteiger charge is 2.18. The van der Waals surface area contributed by atoms with Crippen LogP contribution in [-0.2, 0) is 33.3 Å². The van der Waals surface area contributed by atoms with E-state index >= 15 is 0 Å².